The van der Waals surface area contributed by atoms with E-state index in [1.165, 1.54) is 0 Å². The number of fused-ring (bicyclic) bond motifs is 1. The molecule has 0 bridgehead atoms. The van der Waals surface area contributed by atoms with Crippen molar-refractivity contribution in [3.8, 4) is 11.4 Å². The predicted octanol–water partition coefficient (Wildman–Crippen LogP) is 5.22. The highest BCUT2D eigenvalue weighted by Crippen LogP contribution is 2.32. The quantitative estimate of drug-likeness (QED) is 0.243. The third-order valence-electron chi connectivity index (χ3n) is 6.92. The van der Waals surface area contributed by atoms with Gasteiger partial charge in [-0.15, -0.1) is 0 Å². The maximum absolute atomic E-state index is 13.3. The van der Waals surface area contributed by atoms with Gasteiger partial charge in [-0.2, -0.15) is 5.10 Å². The summed E-state index contributed by atoms with van der Waals surface area (Å²) in [6.45, 7) is 9.19. The van der Waals surface area contributed by atoms with Gasteiger partial charge in [0.05, 0.1) is 43.0 Å². The van der Waals surface area contributed by atoms with Gasteiger partial charge in [-0.25, -0.2) is 9.48 Å². The number of rotatable bonds is 8. The standard InChI is InChI=1S/C31H37N5O4/c1-31(2,3)28-18-29(36(35-28)22-10-8-21(20-37)9-11-22)34-30(38)33-26-12-13-27(25-7-5-4-6-24(25)26)40-16-14-23-19-32-15-17-39-23/h4-13,18,23,32,37H,14-17,19-20H2,1-3H3,(H2,33,34,38). The van der Waals surface area contributed by atoms with Gasteiger partial charge in [0, 0.05) is 41.8 Å². The molecule has 9 heteroatoms. The van der Waals surface area contributed by atoms with E-state index < -0.39 is 0 Å². The maximum Gasteiger partial charge on any atom is 0.324 e. The van der Waals surface area contributed by atoms with E-state index in [0.717, 1.165) is 59.6 Å². The van der Waals surface area contributed by atoms with Crippen molar-refractivity contribution in [1.82, 2.24) is 15.1 Å². The van der Waals surface area contributed by atoms with Gasteiger partial charge in [0.25, 0.3) is 0 Å². The number of aromatic nitrogens is 2. The number of morpholine rings is 1. The molecule has 1 unspecified atom stereocenters. The van der Waals surface area contributed by atoms with Crippen molar-refractivity contribution in [3.05, 3.63) is 78.0 Å². The zero-order valence-electron chi connectivity index (χ0n) is 23.2. The number of nitrogens with zero attached hydrogens (tertiary/aromatic N) is 2. The number of aliphatic hydroxyl groups is 1. The van der Waals surface area contributed by atoms with Crippen LogP contribution in [-0.2, 0) is 16.8 Å². The van der Waals surface area contributed by atoms with Crippen molar-refractivity contribution in [2.45, 2.75) is 45.3 Å². The van der Waals surface area contributed by atoms with E-state index in [0.29, 0.717) is 18.1 Å². The Balaban J connectivity index is 1.33. The van der Waals surface area contributed by atoms with Crippen LogP contribution in [0.3, 0.4) is 0 Å². The Bertz CT molecular complexity index is 1450. The first-order valence-corrected chi connectivity index (χ1v) is 13.7. The molecular weight excluding hydrogens is 506 g/mol. The molecule has 0 saturated carbocycles. The van der Waals surface area contributed by atoms with Crippen molar-refractivity contribution < 1.29 is 19.4 Å². The van der Waals surface area contributed by atoms with Crippen LogP contribution >= 0.6 is 0 Å². The first kappa shape index (κ1) is 27.6. The Morgan fingerprint density at radius 3 is 2.58 bits per heavy atom. The fourth-order valence-electron chi connectivity index (χ4n) is 4.66. The van der Waals surface area contributed by atoms with E-state index in [1.807, 2.05) is 66.7 Å². The molecule has 1 saturated heterocycles. The number of anilines is 2. The molecule has 0 aliphatic carbocycles. The third kappa shape index (κ3) is 6.44. The summed E-state index contributed by atoms with van der Waals surface area (Å²) < 4.78 is 13.6. The van der Waals surface area contributed by atoms with Gasteiger partial charge in [0.2, 0.25) is 0 Å². The number of hydrogen-bond acceptors (Lipinski definition) is 6. The van der Waals surface area contributed by atoms with Crippen LogP contribution in [-0.4, -0.2) is 53.3 Å². The second-order valence-corrected chi connectivity index (χ2v) is 11.0. The molecule has 1 aliphatic rings. The van der Waals surface area contributed by atoms with Crippen molar-refractivity contribution in [2.75, 3.05) is 36.9 Å². The summed E-state index contributed by atoms with van der Waals surface area (Å²) in [5, 5.41) is 25.3. The van der Waals surface area contributed by atoms with E-state index in [-0.39, 0.29) is 24.2 Å². The highest BCUT2D eigenvalue weighted by molar-refractivity contribution is 6.07. The Hall–Kier alpha value is -3.92. The lowest BCUT2D eigenvalue weighted by molar-refractivity contribution is 0.0160. The fraction of sp³-hybridized carbons (Fsp3) is 0.355. The summed E-state index contributed by atoms with van der Waals surface area (Å²) in [7, 11) is 0. The van der Waals surface area contributed by atoms with Gasteiger partial charge < -0.3 is 25.2 Å². The van der Waals surface area contributed by atoms with Gasteiger partial charge in [0.1, 0.15) is 11.6 Å². The number of hydrogen-bond donors (Lipinski definition) is 4. The smallest absolute Gasteiger partial charge is 0.324 e. The average molecular weight is 544 g/mol. The van der Waals surface area contributed by atoms with Gasteiger partial charge in [-0.05, 0) is 29.8 Å². The molecule has 1 aliphatic heterocycles. The van der Waals surface area contributed by atoms with E-state index in [9.17, 15) is 9.90 Å². The number of benzene rings is 3. The lowest BCUT2D eigenvalue weighted by atomic mass is 9.92. The Morgan fingerprint density at radius 1 is 1.10 bits per heavy atom. The molecule has 5 rings (SSSR count). The number of urea groups is 1. The number of carbonyl (C=O) groups is 1. The predicted molar refractivity (Wildman–Crippen MR) is 157 cm³/mol. The topological polar surface area (TPSA) is 110 Å². The van der Waals surface area contributed by atoms with Crippen molar-refractivity contribution in [2.24, 2.45) is 0 Å². The van der Waals surface area contributed by atoms with Gasteiger partial charge >= 0.3 is 6.03 Å². The maximum atomic E-state index is 13.3. The van der Waals surface area contributed by atoms with Crippen LogP contribution in [0.5, 0.6) is 5.75 Å². The van der Waals surface area contributed by atoms with E-state index in [4.69, 9.17) is 14.6 Å². The molecular formula is C31H37N5O4. The number of amides is 2. The Labute approximate surface area is 234 Å². The van der Waals surface area contributed by atoms with E-state index >= 15 is 0 Å². The second kappa shape index (κ2) is 12.1. The lowest BCUT2D eigenvalue weighted by Crippen LogP contribution is -2.39. The molecule has 2 amide bonds. The van der Waals surface area contributed by atoms with Crippen LogP contribution in [0.1, 0.15) is 38.4 Å². The lowest BCUT2D eigenvalue weighted by Gasteiger charge is -2.23. The van der Waals surface area contributed by atoms with Crippen LogP contribution in [0.15, 0.2) is 66.7 Å². The van der Waals surface area contributed by atoms with Crippen LogP contribution < -0.4 is 20.7 Å². The number of ether oxygens (including phenoxy) is 2. The normalized spacial score (nSPS) is 15.7. The summed E-state index contributed by atoms with van der Waals surface area (Å²) >= 11 is 0. The zero-order valence-corrected chi connectivity index (χ0v) is 23.2. The molecule has 4 N–H and O–H groups in total. The highest BCUT2D eigenvalue weighted by Gasteiger charge is 2.22. The van der Waals surface area contributed by atoms with Gasteiger partial charge in [-0.3, -0.25) is 5.32 Å². The largest absolute Gasteiger partial charge is 0.493 e. The second-order valence-electron chi connectivity index (χ2n) is 11.0. The minimum absolute atomic E-state index is 0.0374. The summed E-state index contributed by atoms with van der Waals surface area (Å²) in [5.41, 5.74) is 2.89. The molecule has 0 spiro atoms. The van der Waals surface area contributed by atoms with Crippen LogP contribution in [0, 0.1) is 0 Å². The minimum Gasteiger partial charge on any atom is -0.493 e. The molecule has 9 nitrogen and oxygen atoms in total. The van der Waals surface area contributed by atoms with Crippen LogP contribution in [0.4, 0.5) is 16.3 Å². The molecule has 1 atom stereocenters. The average Bonchev–Trinajstić information content (AvgIpc) is 3.39. The monoisotopic (exact) mass is 543 g/mol. The van der Waals surface area contributed by atoms with Gasteiger partial charge in [0.15, 0.2) is 0 Å². The van der Waals surface area contributed by atoms with Crippen LogP contribution in [0.2, 0.25) is 0 Å². The molecule has 0 radical (unpaired) electrons. The molecule has 1 fully saturated rings. The van der Waals surface area contributed by atoms with Crippen molar-refractivity contribution in [3.63, 3.8) is 0 Å². The molecule has 4 aromatic rings. The SMILES string of the molecule is CC(C)(C)c1cc(NC(=O)Nc2ccc(OCCC3CNCCO3)c3ccccc23)n(-c2ccc(CO)cc2)n1. The summed E-state index contributed by atoms with van der Waals surface area (Å²) in [6.07, 6.45) is 0.959. The van der Waals surface area contributed by atoms with Crippen molar-refractivity contribution in [1.29, 1.82) is 0 Å². The van der Waals surface area contributed by atoms with E-state index in [2.05, 4.69) is 36.7 Å². The Morgan fingerprint density at radius 2 is 1.88 bits per heavy atom. The summed E-state index contributed by atoms with van der Waals surface area (Å²) in [4.78, 5) is 13.3. The zero-order chi connectivity index (χ0) is 28.1. The summed E-state index contributed by atoms with van der Waals surface area (Å²) in [5.74, 6) is 1.31. The number of nitrogens with one attached hydrogen (secondary N) is 3. The molecule has 1 aromatic heterocycles. The fourth-order valence-corrected chi connectivity index (χ4v) is 4.66. The number of aliphatic hydroxyl groups excluding tert-OH is 1. The molecule has 2 heterocycles. The highest BCUT2D eigenvalue weighted by atomic mass is 16.5. The third-order valence-corrected chi connectivity index (χ3v) is 6.92. The van der Waals surface area contributed by atoms with E-state index in [1.54, 1.807) is 4.68 Å². The first-order chi connectivity index (χ1) is 19.3. The van der Waals surface area contributed by atoms with Gasteiger partial charge in [-0.1, -0.05) is 57.2 Å². The van der Waals surface area contributed by atoms with Crippen LogP contribution in [0.25, 0.3) is 16.5 Å². The molecule has 3 aromatic carbocycles. The number of carbonyl (C=O) groups excluding carboxylic acids is 1. The van der Waals surface area contributed by atoms with Crippen molar-refractivity contribution >= 4 is 28.3 Å². The minimum atomic E-state index is -0.380. The molecule has 40 heavy (non-hydrogen) atoms. The molecule has 210 valence electrons. The summed E-state index contributed by atoms with van der Waals surface area (Å²) in [6, 6.07) is 20.6. The Kier molecular flexibility index (Phi) is 8.35. The first-order valence-electron chi connectivity index (χ1n) is 13.7.